The standard InChI is InChI=1S/C20H24N6O/c1-26(2)13-12-21-19-14-22-25-20(24-19)23-17-8-10-18(11-9-17)27-15-16-6-4-3-5-7-16/h3-11,14H,12-13,15H2,1-2H3,(H2,21,23,24,25). The van der Waals surface area contributed by atoms with Gasteiger partial charge in [-0.2, -0.15) is 10.1 Å². The molecule has 0 aliphatic rings. The first-order valence-corrected chi connectivity index (χ1v) is 8.81. The molecule has 3 rings (SSSR count). The number of ether oxygens (including phenoxy) is 1. The molecule has 27 heavy (non-hydrogen) atoms. The van der Waals surface area contributed by atoms with Crippen molar-refractivity contribution in [1.82, 2.24) is 20.1 Å². The first kappa shape index (κ1) is 18.6. The van der Waals surface area contributed by atoms with Crippen LogP contribution in [0.15, 0.2) is 60.8 Å². The Labute approximate surface area is 159 Å². The fourth-order valence-corrected chi connectivity index (χ4v) is 2.35. The molecule has 0 saturated carbocycles. The van der Waals surface area contributed by atoms with Crippen LogP contribution >= 0.6 is 0 Å². The van der Waals surface area contributed by atoms with Gasteiger partial charge in [0.1, 0.15) is 12.4 Å². The quantitative estimate of drug-likeness (QED) is 0.604. The highest BCUT2D eigenvalue weighted by atomic mass is 16.5. The second-order valence-corrected chi connectivity index (χ2v) is 6.32. The molecule has 0 unspecified atom stereocenters. The fraction of sp³-hybridized carbons (Fsp3) is 0.250. The Morgan fingerprint density at radius 2 is 1.78 bits per heavy atom. The highest BCUT2D eigenvalue weighted by Crippen LogP contribution is 2.19. The molecule has 7 nitrogen and oxygen atoms in total. The van der Waals surface area contributed by atoms with E-state index in [0.717, 1.165) is 30.1 Å². The lowest BCUT2D eigenvalue weighted by Crippen LogP contribution is -2.21. The van der Waals surface area contributed by atoms with Gasteiger partial charge in [0.2, 0.25) is 5.95 Å². The zero-order chi connectivity index (χ0) is 18.9. The van der Waals surface area contributed by atoms with Crippen LogP contribution in [0.1, 0.15) is 5.56 Å². The third-order valence-corrected chi connectivity index (χ3v) is 3.78. The zero-order valence-electron chi connectivity index (χ0n) is 15.6. The van der Waals surface area contributed by atoms with Crippen LogP contribution in [0.3, 0.4) is 0 Å². The van der Waals surface area contributed by atoms with Crippen LogP contribution in [0.5, 0.6) is 5.75 Å². The van der Waals surface area contributed by atoms with E-state index in [9.17, 15) is 0 Å². The second kappa shape index (κ2) is 9.49. The van der Waals surface area contributed by atoms with E-state index >= 15 is 0 Å². The maximum atomic E-state index is 5.79. The summed E-state index contributed by atoms with van der Waals surface area (Å²) in [5.41, 5.74) is 2.01. The zero-order valence-corrected chi connectivity index (χ0v) is 15.6. The molecule has 1 heterocycles. The van der Waals surface area contributed by atoms with Gasteiger partial charge in [-0.1, -0.05) is 30.3 Å². The summed E-state index contributed by atoms with van der Waals surface area (Å²) in [6.07, 6.45) is 1.61. The molecular formula is C20H24N6O. The molecular weight excluding hydrogens is 340 g/mol. The van der Waals surface area contributed by atoms with Crippen LogP contribution in [0, 0.1) is 0 Å². The van der Waals surface area contributed by atoms with Crippen molar-refractivity contribution < 1.29 is 4.74 Å². The molecule has 0 spiro atoms. The summed E-state index contributed by atoms with van der Waals surface area (Å²) in [6.45, 7) is 2.25. The van der Waals surface area contributed by atoms with Gasteiger partial charge in [-0.3, -0.25) is 0 Å². The Hall–Kier alpha value is -3.19. The second-order valence-electron chi connectivity index (χ2n) is 6.32. The van der Waals surface area contributed by atoms with Crippen molar-refractivity contribution in [2.45, 2.75) is 6.61 Å². The number of aromatic nitrogens is 3. The maximum absolute atomic E-state index is 5.79. The number of nitrogens with zero attached hydrogens (tertiary/aromatic N) is 4. The van der Waals surface area contributed by atoms with Crippen molar-refractivity contribution in [2.75, 3.05) is 37.8 Å². The van der Waals surface area contributed by atoms with Gasteiger partial charge in [0.05, 0.1) is 6.20 Å². The number of nitrogens with one attached hydrogen (secondary N) is 2. The Morgan fingerprint density at radius 3 is 2.52 bits per heavy atom. The molecule has 0 fully saturated rings. The summed E-state index contributed by atoms with van der Waals surface area (Å²) < 4.78 is 5.79. The summed E-state index contributed by atoms with van der Waals surface area (Å²) in [5.74, 6) is 1.95. The van der Waals surface area contributed by atoms with Gasteiger partial charge in [-0.05, 0) is 43.9 Å². The molecule has 0 bridgehead atoms. The molecule has 2 N–H and O–H groups in total. The smallest absolute Gasteiger partial charge is 0.249 e. The highest BCUT2D eigenvalue weighted by Gasteiger charge is 2.02. The predicted molar refractivity (Wildman–Crippen MR) is 107 cm³/mol. The van der Waals surface area contributed by atoms with Crippen molar-refractivity contribution >= 4 is 17.5 Å². The number of hydrogen-bond acceptors (Lipinski definition) is 7. The van der Waals surface area contributed by atoms with Crippen molar-refractivity contribution in [2.24, 2.45) is 0 Å². The minimum absolute atomic E-state index is 0.447. The average molecular weight is 364 g/mol. The van der Waals surface area contributed by atoms with Gasteiger partial charge in [-0.25, -0.2) is 0 Å². The van der Waals surface area contributed by atoms with Crippen LogP contribution in [-0.2, 0) is 6.61 Å². The molecule has 0 amide bonds. The molecule has 0 radical (unpaired) electrons. The number of anilines is 3. The number of likely N-dealkylation sites (N-methyl/N-ethyl adjacent to an activating group) is 1. The van der Waals surface area contributed by atoms with E-state index in [1.807, 2.05) is 68.7 Å². The largest absolute Gasteiger partial charge is 0.489 e. The number of rotatable bonds is 9. The fourth-order valence-electron chi connectivity index (χ4n) is 2.35. The lowest BCUT2D eigenvalue weighted by Gasteiger charge is -2.11. The van der Waals surface area contributed by atoms with Gasteiger partial charge < -0.3 is 20.3 Å². The van der Waals surface area contributed by atoms with Gasteiger partial charge >= 0.3 is 0 Å². The van der Waals surface area contributed by atoms with E-state index in [1.165, 1.54) is 0 Å². The van der Waals surface area contributed by atoms with E-state index in [-0.39, 0.29) is 0 Å². The van der Waals surface area contributed by atoms with Gasteiger partial charge in [-0.15, -0.1) is 5.10 Å². The summed E-state index contributed by atoms with van der Waals surface area (Å²) in [7, 11) is 4.06. The lowest BCUT2D eigenvalue weighted by atomic mass is 10.2. The number of benzene rings is 2. The molecule has 2 aromatic carbocycles. The van der Waals surface area contributed by atoms with Crippen LogP contribution < -0.4 is 15.4 Å². The van der Waals surface area contributed by atoms with Crippen molar-refractivity contribution in [3.8, 4) is 5.75 Å². The van der Waals surface area contributed by atoms with E-state index in [1.54, 1.807) is 6.20 Å². The van der Waals surface area contributed by atoms with Crippen LogP contribution in [-0.4, -0.2) is 47.3 Å². The highest BCUT2D eigenvalue weighted by molar-refractivity contribution is 5.55. The topological polar surface area (TPSA) is 75.2 Å². The number of hydrogen-bond donors (Lipinski definition) is 2. The van der Waals surface area contributed by atoms with Gasteiger partial charge in [0.15, 0.2) is 5.82 Å². The first-order valence-electron chi connectivity index (χ1n) is 8.81. The molecule has 3 aromatic rings. The molecule has 0 saturated heterocycles. The predicted octanol–water partition coefficient (Wildman–Crippen LogP) is 3.17. The SMILES string of the molecule is CN(C)CCNc1cnnc(Nc2ccc(OCc3ccccc3)cc2)n1. The van der Waals surface area contributed by atoms with E-state index in [4.69, 9.17) is 4.74 Å². The van der Waals surface area contributed by atoms with Crippen molar-refractivity contribution in [3.05, 3.63) is 66.4 Å². The summed E-state index contributed by atoms with van der Waals surface area (Å²) in [6, 6.07) is 17.8. The normalized spacial score (nSPS) is 10.6. The van der Waals surface area contributed by atoms with E-state index in [2.05, 4.69) is 30.7 Å². The Kier molecular flexibility index (Phi) is 6.54. The molecule has 140 valence electrons. The van der Waals surface area contributed by atoms with Crippen LogP contribution in [0.2, 0.25) is 0 Å². The first-order chi connectivity index (χ1) is 13.2. The Morgan fingerprint density at radius 1 is 1.00 bits per heavy atom. The summed E-state index contributed by atoms with van der Waals surface area (Å²) in [5, 5.41) is 14.4. The Bertz CT molecular complexity index is 823. The van der Waals surface area contributed by atoms with Gasteiger partial charge in [0, 0.05) is 18.8 Å². The molecule has 0 atom stereocenters. The third-order valence-electron chi connectivity index (χ3n) is 3.78. The minimum atomic E-state index is 0.447. The van der Waals surface area contributed by atoms with Crippen molar-refractivity contribution in [3.63, 3.8) is 0 Å². The van der Waals surface area contributed by atoms with Gasteiger partial charge in [0.25, 0.3) is 0 Å². The Balaban J connectivity index is 1.53. The molecule has 0 aliphatic heterocycles. The minimum Gasteiger partial charge on any atom is -0.489 e. The maximum Gasteiger partial charge on any atom is 0.249 e. The van der Waals surface area contributed by atoms with E-state index < -0.39 is 0 Å². The summed E-state index contributed by atoms with van der Waals surface area (Å²) >= 11 is 0. The van der Waals surface area contributed by atoms with Crippen LogP contribution in [0.4, 0.5) is 17.5 Å². The van der Waals surface area contributed by atoms with Crippen molar-refractivity contribution in [1.29, 1.82) is 0 Å². The van der Waals surface area contributed by atoms with Crippen LogP contribution in [0.25, 0.3) is 0 Å². The molecule has 0 aliphatic carbocycles. The lowest BCUT2D eigenvalue weighted by molar-refractivity contribution is 0.306. The average Bonchev–Trinajstić information content (AvgIpc) is 2.68. The molecule has 7 heteroatoms. The third kappa shape index (κ3) is 6.23. The molecule has 1 aromatic heterocycles. The summed E-state index contributed by atoms with van der Waals surface area (Å²) in [4.78, 5) is 6.52. The monoisotopic (exact) mass is 364 g/mol. The van der Waals surface area contributed by atoms with E-state index in [0.29, 0.717) is 18.4 Å².